The van der Waals surface area contributed by atoms with Crippen molar-refractivity contribution in [3.8, 4) is 11.1 Å². The Kier molecular flexibility index (Phi) is 5.19. The minimum atomic E-state index is -0.229. The number of piperidine rings is 1. The summed E-state index contributed by atoms with van der Waals surface area (Å²) in [4.78, 5) is 29.2. The van der Waals surface area contributed by atoms with Crippen LogP contribution in [0.3, 0.4) is 0 Å². The van der Waals surface area contributed by atoms with Crippen LogP contribution in [0.25, 0.3) is 11.1 Å². The second kappa shape index (κ2) is 7.65. The maximum absolute atomic E-state index is 13.0. The van der Waals surface area contributed by atoms with Crippen LogP contribution < -0.4 is 0 Å². The SMILES string of the molecule is CC(C)(C)N1C[C@@H](C(=O)N2CCC(c3[nH]ncc3-c3ccccc3)CC2)CC1=O. The molecule has 1 atom stereocenters. The van der Waals surface area contributed by atoms with Gasteiger partial charge in [0.25, 0.3) is 0 Å². The lowest BCUT2D eigenvalue weighted by Crippen LogP contribution is -2.45. The maximum atomic E-state index is 13.0. The molecule has 2 saturated heterocycles. The molecule has 2 aromatic rings. The summed E-state index contributed by atoms with van der Waals surface area (Å²) < 4.78 is 0. The topological polar surface area (TPSA) is 69.3 Å². The van der Waals surface area contributed by atoms with Gasteiger partial charge in [0.2, 0.25) is 11.8 Å². The molecule has 29 heavy (non-hydrogen) atoms. The van der Waals surface area contributed by atoms with Gasteiger partial charge in [-0.2, -0.15) is 5.10 Å². The van der Waals surface area contributed by atoms with Crippen LogP contribution >= 0.6 is 0 Å². The lowest BCUT2D eigenvalue weighted by atomic mass is 9.89. The minimum Gasteiger partial charge on any atom is -0.342 e. The van der Waals surface area contributed by atoms with Crippen molar-refractivity contribution >= 4 is 11.8 Å². The van der Waals surface area contributed by atoms with Crippen LogP contribution in [0.2, 0.25) is 0 Å². The van der Waals surface area contributed by atoms with Crippen molar-refractivity contribution in [2.45, 2.75) is 51.5 Å². The first-order valence-electron chi connectivity index (χ1n) is 10.5. The molecule has 6 heteroatoms. The number of nitrogens with zero attached hydrogens (tertiary/aromatic N) is 3. The predicted octanol–water partition coefficient (Wildman–Crippen LogP) is 3.43. The van der Waals surface area contributed by atoms with Crippen molar-refractivity contribution in [1.82, 2.24) is 20.0 Å². The van der Waals surface area contributed by atoms with E-state index in [1.54, 1.807) is 0 Å². The summed E-state index contributed by atoms with van der Waals surface area (Å²) in [6.07, 6.45) is 4.07. The van der Waals surface area contributed by atoms with Gasteiger partial charge in [-0.1, -0.05) is 30.3 Å². The number of amides is 2. The van der Waals surface area contributed by atoms with Crippen LogP contribution in [0.1, 0.15) is 51.6 Å². The third-order valence-corrected chi connectivity index (χ3v) is 6.25. The second-order valence-electron chi connectivity index (χ2n) is 9.24. The summed E-state index contributed by atoms with van der Waals surface area (Å²) in [6, 6.07) is 10.3. The number of carbonyl (C=O) groups excluding carboxylic acids is 2. The van der Waals surface area contributed by atoms with Gasteiger partial charge in [0.15, 0.2) is 0 Å². The fourth-order valence-electron chi connectivity index (χ4n) is 4.62. The fourth-order valence-corrected chi connectivity index (χ4v) is 4.62. The number of hydrogen-bond acceptors (Lipinski definition) is 3. The summed E-state index contributed by atoms with van der Waals surface area (Å²) in [6.45, 7) is 8.08. The molecular weight excluding hydrogens is 364 g/mol. The van der Waals surface area contributed by atoms with Crippen molar-refractivity contribution in [2.75, 3.05) is 19.6 Å². The van der Waals surface area contributed by atoms with E-state index in [2.05, 4.69) is 22.3 Å². The molecule has 6 nitrogen and oxygen atoms in total. The number of likely N-dealkylation sites (tertiary alicyclic amines) is 2. The first kappa shape index (κ1) is 19.7. The average molecular weight is 395 g/mol. The summed E-state index contributed by atoms with van der Waals surface area (Å²) in [5, 5.41) is 7.48. The fraction of sp³-hybridized carbons (Fsp3) is 0.522. The lowest BCUT2D eigenvalue weighted by molar-refractivity contribution is -0.136. The number of carbonyl (C=O) groups is 2. The molecule has 1 N–H and O–H groups in total. The van der Waals surface area contributed by atoms with Crippen molar-refractivity contribution in [1.29, 1.82) is 0 Å². The van der Waals surface area contributed by atoms with Gasteiger partial charge >= 0.3 is 0 Å². The van der Waals surface area contributed by atoms with Gasteiger partial charge < -0.3 is 9.80 Å². The highest BCUT2D eigenvalue weighted by molar-refractivity contribution is 5.89. The highest BCUT2D eigenvalue weighted by Crippen LogP contribution is 2.35. The zero-order valence-corrected chi connectivity index (χ0v) is 17.5. The first-order chi connectivity index (χ1) is 13.8. The van der Waals surface area contributed by atoms with Crippen LogP contribution in [-0.4, -0.2) is 57.0 Å². The Hall–Kier alpha value is -2.63. The van der Waals surface area contributed by atoms with E-state index in [1.165, 1.54) is 11.3 Å². The number of aromatic nitrogens is 2. The Labute approximate surface area is 172 Å². The molecule has 2 aliphatic heterocycles. The molecule has 1 aromatic heterocycles. The number of rotatable bonds is 3. The molecule has 154 valence electrons. The summed E-state index contributed by atoms with van der Waals surface area (Å²) >= 11 is 0. The van der Waals surface area contributed by atoms with E-state index < -0.39 is 0 Å². The van der Waals surface area contributed by atoms with Gasteiger partial charge in [0.1, 0.15) is 0 Å². The van der Waals surface area contributed by atoms with E-state index in [1.807, 2.05) is 55.0 Å². The van der Waals surface area contributed by atoms with E-state index in [9.17, 15) is 9.59 Å². The number of aromatic amines is 1. The number of H-pyrrole nitrogens is 1. The van der Waals surface area contributed by atoms with Crippen molar-refractivity contribution in [3.05, 3.63) is 42.2 Å². The molecule has 2 amide bonds. The Morgan fingerprint density at radius 2 is 1.83 bits per heavy atom. The van der Waals surface area contributed by atoms with Crippen molar-refractivity contribution < 1.29 is 9.59 Å². The van der Waals surface area contributed by atoms with Crippen LogP contribution in [0.5, 0.6) is 0 Å². The monoisotopic (exact) mass is 394 g/mol. The quantitative estimate of drug-likeness (QED) is 0.867. The maximum Gasteiger partial charge on any atom is 0.227 e. The van der Waals surface area contributed by atoms with Crippen molar-refractivity contribution in [2.24, 2.45) is 5.92 Å². The van der Waals surface area contributed by atoms with Crippen LogP contribution in [0.4, 0.5) is 0 Å². The summed E-state index contributed by atoms with van der Waals surface area (Å²) in [5.41, 5.74) is 3.26. The van der Waals surface area contributed by atoms with E-state index in [0.29, 0.717) is 18.9 Å². The van der Waals surface area contributed by atoms with E-state index in [4.69, 9.17) is 0 Å². The van der Waals surface area contributed by atoms with Gasteiger partial charge in [-0.25, -0.2) is 0 Å². The van der Waals surface area contributed by atoms with Gasteiger partial charge in [-0.3, -0.25) is 14.7 Å². The van der Waals surface area contributed by atoms with Crippen LogP contribution in [0, 0.1) is 5.92 Å². The highest BCUT2D eigenvalue weighted by Gasteiger charge is 2.41. The Morgan fingerprint density at radius 3 is 2.45 bits per heavy atom. The molecule has 3 heterocycles. The molecule has 2 aliphatic rings. The third-order valence-electron chi connectivity index (χ3n) is 6.25. The number of benzene rings is 1. The molecule has 0 radical (unpaired) electrons. The number of nitrogens with one attached hydrogen (secondary N) is 1. The summed E-state index contributed by atoms with van der Waals surface area (Å²) in [7, 11) is 0. The molecule has 1 aromatic carbocycles. The molecular formula is C23H30N4O2. The smallest absolute Gasteiger partial charge is 0.227 e. The standard InChI is InChI=1S/C23H30N4O2/c1-23(2,3)27-15-18(13-20(27)28)22(29)26-11-9-17(10-12-26)21-19(14-24-25-21)16-7-5-4-6-8-16/h4-8,14,17-18H,9-13,15H2,1-3H3,(H,24,25)/t18-/m0/s1. The molecule has 0 unspecified atom stereocenters. The minimum absolute atomic E-state index is 0.0932. The normalized spacial score (nSPS) is 21.1. The van der Waals surface area contributed by atoms with Crippen molar-refractivity contribution in [3.63, 3.8) is 0 Å². The van der Waals surface area contributed by atoms with Gasteiger partial charge in [0, 0.05) is 48.8 Å². The highest BCUT2D eigenvalue weighted by atomic mass is 16.2. The molecule has 0 aliphatic carbocycles. The summed E-state index contributed by atoms with van der Waals surface area (Å²) in [5.74, 6) is 0.394. The average Bonchev–Trinajstić information content (AvgIpc) is 3.35. The first-order valence-corrected chi connectivity index (χ1v) is 10.5. The largest absolute Gasteiger partial charge is 0.342 e. The molecule has 2 fully saturated rings. The van der Waals surface area contributed by atoms with Gasteiger partial charge in [0.05, 0.1) is 12.1 Å². The van der Waals surface area contributed by atoms with Crippen LogP contribution in [-0.2, 0) is 9.59 Å². The lowest BCUT2D eigenvalue weighted by Gasteiger charge is -2.34. The Balaban J connectivity index is 1.39. The Bertz CT molecular complexity index is 876. The molecule has 0 saturated carbocycles. The van der Waals surface area contributed by atoms with Crippen LogP contribution in [0.15, 0.2) is 36.5 Å². The zero-order valence-electron chi connectivity index (χ0n) is 17.5. The number of hydrogen-bond donors (Lipinski definition) is 1. The Morgan fingerprint density at radius 1 is 1.14 bits per heavy atom. The van der Waals surface area contributed by atoms with E-state index in [0.717, 1.165) is 31.5 Å². The molecule has 0 bridgehead atoms. The van der Waals surface area contributed by atoms with E-state index in [-0.39, 0.29) is 23.3 Å². The predicted molar refractivity (Wildman–Crippen MR) is 112 cm³/mol. The van der Waals surface area contributed by atoms with E-state index >= 15 is 0 Å². The molecule has 0 spiro atoms. The second-order valence-corrected chi connectivity index (χ2v) is 9.24. The molecule has 4 rings (SSSR count). The van der Waals surface area contributed by atoms with Gasteiger partial charge in [-0.05, 0) is 39.2 Å². The zero-order chi connectivity index (χ0) is 20.6. The third kappa shape index (κ3) is 3.93. The van der Waals surface area contributed by atoms with Gasteiger partial charge in [-0.15, -0.1) is 0 Å².